The van der Waals surface area contributed by atoms with Crippen molar-refractivity contribution in [3.63, 3.8) is 0 Å². The lowest BCUT2D eigenvalue weighted by atomic mass is 10.1. The molecule has 1 atom stereocenters. The molecule has 6 heteroatoms. The van der Waals surface area contributed by atoms with Crippen LogP contribution in [-0.4, -0.2) is 43.5 Å². The zero-order valence-corrected chi connectivity index (χ0v) is 16.8. The zero-order chi connectivity index (χ0) is 20.8. The molecule has 0 aliphatic rings. The third kappa shape index (κ3) is 4.92. The molecule has 2 N–H and O–H groups in total. The van der Waals surface area contributed by atoms with E-state index in [4.69, 9.17) is 4.74 Å². The van der Waals surface area contributed by atoms with Gasteiger partial charge in [0.2, 0.25) is 11.8 Å². The topological polar surface area (TPSA) is 70.7 Å². The molecule has 0 spiro atoms. The zero-order valence-electron chi connectivity index (χ0n) is 16.8. The van der Waals surface area contributed by atoms with Crippen LogP contribution in [0.3, 0.4) is 0 Å². The van der Waals surface area contributed by atoms with Crippen LogP contribution in [0, 0.1) is 0 Å². The van der Waals surface area contributed by atoms with Gasteiger partial charge in [-0.1, -0.05) is 48.5 Å². The van der Waals surface area contributed by atoms with E-state index in [1.165, 1.54) is 0 Å². The summed E-state index contributed by atoms with van der Waals surface area (Å²) >= 11 is 0. The van der Waals surface area contributed by atoms with E-state index in [1.54, 1.807) is 38.1 Å². The molecule has 0 radical (unpaired) electrons. The van der Waals surface area contributed by atoms with Crippen LogP contribution in [0.5, 0.6) is 5.75 Å². The van der Waals surface area contributed by atoms with Crippen LogP contribution in [0.15, 0.2) is 66.7 Å². The van der Waals surface area contributed by atoms with Crippen molar-refractivity contribution in [1.29, 1.82) is 0 Å². The third-order valence-corrected chi connectivity index (χ3v) is 4.86. The van der Waals surface area contributed by atoms with Crippen LogP contribution in [0.1, 0.15) is 6.92 Å². The van der Waals surface area contributed by atoms with Gasteiger partial charge in [-0.05, 0) is 37.6 Å². The molecule has 0 saturated heterocycles. The van der Waals surface area contributed by atoms with Crippen LogP contribution in [0.4, 0.5) is 11.4 Å². The Hall–Kier alpha value is -3.38. The second-order valence-electron chi connectivity index (χ2n) is 6.86. The highest BCUT2D eigenvalue weighted by Crippen LogP contribution is 2.24. The summed E-state index contributed by atoms with van der Waals surface area (Å²) in [6.07, 6.45) is 0. The number of para-hydroxylation sites is 2. The number of likely N-dealkylation sites (N-methyl/N-ethyl adjacent to an activating group) is 1. The minimum Gasteiger partial charge on any atom is -0.495 e. The molecule has 2 amide bonds. The van der Waals surface area contributed by atoms with Gasteiger partial charge in [-0.25, -0.2) is 0 Å². The first kappa shape index (κ1) is 20.4. The molecule has 0 saturated carbocycles. The molecular weight excluding hydrogens is 366 g/mol. The highest BCUT2D eigenvalue weighted by atomic mass is 16.5. The van der Waals surface area contributed by atoms with E-state index in [0.29, 0.717) is 11.4 Å². The van der Waals surface area contributed by atoms with E-state index in [9.17, 15) is 9.59 Å². The van der Waals surface area contributed by atoms with E-state index in [0.717, 1.165) is 16.5 Å². The average Bonchev–Trinajstić information content (AvgIpc) is 2.73. The van der Waals surface area contributed by atoms with Crippen molar-refractivity contribution in [2.75, 3.05) is 31.3 Å². The largest absolute Gasteiger partial charge is 0.495 e. The first-order chi connectivity index (χ1) is 14.0. The summed E-state index contributed by atoms with van der Waals surface area (Å²) in [6, 6.07) is 20.4. The van der Waals surface area contributed by atoms with E-state index in [2.05, 4.69) is 10.6 Å². The summed E-state index contributed by atoms with van der Waals surface area (Å²) in [5.41, 5.74) is 1.35. The molecule has 0 aliphatic carbocycles. The summed E-state index contributed by atoms with van der Waals surface area (Å²) < 4.78 is 5.26. The summed E-state index contributed by atoms with van der Waals surface area (Å²) in [6.45, 7) is 1.85. The maximum Gasteiger partial charge on any atom is 0.241 e. The maximum atomic E-state index is 12.6. The lowest BCUT2D eigenvalue weighted by Crippen LogP contribution is -2.43. The molecule has 0 unspecified atom stereocenters. The normalized spacial score (nSPS) is 11.9. The number of fused-ring (bicyclic) bond motifs is 1. The number of carbonyl (C=O) groups excluding carboxylic acids is 2. The summed E-state index contributed by atoms with van der Waals surface area (Å²) in [5, 5.41) is 7.84. The number of ether oxygens (including phenoxy) is 1. The van der Waals surface area contributed by atoms with Gasteiger partial charge in [-0.3, -0.25) is 14.5 Å². The lowest BCUT2D eigenvalue weighted by Gasteiger charge is -2.23. The second kappa shape index (κ2) is 9.21. The molecule has 0 bridgehead atoms. The Kier molecular flexibility index (Phi) is 6.46. The standard InChI is InChI=1S/C23H25N3O3/c1-16(23(28)25-20-12-6-7-14-21(20)29-3)26(2)15-22(27)24-19-13-8-10-17-9-4-5-11-18(17)19/h4-14,16H,15H2,1-3H3,(H,24,27)(H,25,28)/t16-/m0/s1. The Morgan fingerprint density at radius 3 is 2.38 bits per heavy atom. The molecule has 0 heterocycles. The van der Waals surface area contributed by atoms with Crippen molar-refractivity contribution in [2.45, 2.75) is 13.0 Å². The number of amides is 2. The smallest absolute Gasteiger partial charge is 0.241 e. The van der Waals surface area contributed by atoms with Crippen LogP contribution in [0.2, 0.25) is 0 Å². The van der Waals surface area contributed by atoms with Crippen LogP contribution in [0.25, 0.3) is 10.8 Å². The number of hydrogen-bond acceptors (Lipinski definition) is 4. The molecule has 3 rings (SSSR count). The minimum atomic E-state index is -0.502. The van der Waals surface area contributed by atoms with Crippen molar-refractivity contribution in [1.82, 2.24) is 4.90 Å². The molecule has 3 aromatic rings. The number of methoxy groups -OCH3 is 1. The molecule has 29 heavy (non-hydrogen) atoms. The Labute approximate surface area is 170 Å². The van der Waals surface area contributed by atoms with Crippen molar-refractivity contribution in [2.24, 2.45) is 0 Å². The Morgan fingerprint density at radius 1 is 0.931 bits per heavy atom. The minimum absolute atomic E-state index is 0.0870. The fourth-order valence-electron chi connectivity index (χ4n) is 3.07. The number of carbonyl (C=O) groups is 2. The Bertz CT molecular complexity index is 1010. The Balaban J connectivity index is 1.62. The quantitative estimate of drug-likeness (QED) is 0.644. The molecule has 0 fully saturated rings. The number of nitrogens with one attached hydrogen (secondary N) is 2. The van der Waals surface area contributed by atoms with Crippen molar-refractivity contribution >= 4 is 34.0 Å². The van der Waals surface area contributed by atoms with Crippen LogP contribution < -0.4 is 15.4 Å². The fourth-order valence-corrected chi connectivity index (χ4v) is 3.07. The van der Waals surface area contributed by atoms with Gasteiger partial charge in [-0.2, -0.15) is 0 Å². The van der Waals surface area contributed by atoms with E-state index in [-0.39, 0.29) is 18.4 Å². The highest BCUT2D eigenvalue weighted by Gasteiger charge is 2.21. The Morgan fingerprint density at radius 2 is 1.59 bits per heavy atom. The number of anilines is 2. The van der Waals surface area contributed by atoms with Crippen molar-refractivity contribution in [3.05, 3.63) is 66.7 Å². The van der Waals surface area contributed by atoms with Gasteiger partial charge in [0.15, 0.2) is 0 Å². The van der Waals surface area contributed by atoms with Crippen molar-refractivity contribution < 1.29 is 14.3 Å². The van der Waals surface area contributed by atoms with Crippen LogP contribution in [-0.2, 0) is 9.59 Å². The molecule has 3 aromatic carbocycles. The molecule has 6 nitrogen and oxygen atoms in total. The number of hydrogen-bond donors (Lipinski definition) is 2. The highest BCUT2D eigenvalue weighted by molar-refractivity contribution is 6.03. The van der Waals surface area contributed by atoms with Gasteiger partial charge in [0.1, 0.15) is 5.75 Å². The number of rotatable bonds is 7. The van der Waals surface area contributed by atoms with Gasteiger partial charge in [-0.15, -0.1) is 0 Å². The van der Waals surface area contributed by atoms with Gasteiger partial charge in [0.05, 0.1) is 25.4 Å². The van der Waals surface area contributed by atoms with E-state index in [1.807, 2.05) is 54.6 Å². The lowest BCUT2D eigenvalue weighted by molar-refractivity contribution is -0.122. The van der Waals surface area contributed by atoms with E-state index < -0.39 is 6.04 Å². The van der Waals surface area contributed by atoms with Gasteiger partial charge < -0.3 is 15.4 Å². The first-order valence-corrected chi connectivity index (χ1v) is 9.41. The fraction of sp³-hybridized carbons (Fsp3) is 0.217. The third-order valence-electron chi connectivity index (χ3n) is 4.86. The first-order valence-electron chi connectivity index (χ1n) is 9.41. The van der Waals surface area contributed by atoms with Gasteiger partial charge in [0.25, 0.3) is 0 Å². The SMILES string of the molecule is COc1ccccc1NC(=O)[C@H](C)N(C)CC(=O)Nc1cccc2ccccc12. The van der Waals surface area contributed by atoms with Crippen molar-refractivity contribution in [3.8, 4) is 5.75 Å². The summed E-state index contributed by atoms with van der Waals surface area (Å²) in [4.78, 5) is 26.8. The van der Waals surface area contributed by atoms with Gasteiger partial charge >= 0.3 is 0 Å². The monoisotopic (exact) mass is 391 g/mol. The molecule has 0 aromatic heterocycles. The number of nitrogens with zero attached hydrogens (tertiary/aromatic N) is 1. The predicted octanol–water partition coefficient (Wildman–Crippen LogP) is 3.75. The summed E-state index contributed by atoms with van der Waals surface area (Å²) in [7, 11) is 3.30. The van der Waals surface area contributed by atoms with Crippen LogP contribution >= 0.6 is 0 Å². The van der Waals surface area contributed by atoms with Gasteiger partial charge in [0, 0.05) is 11.1 Å². The summed E-state index contributed by atoms with van der Waals surface area (Å²) in [5.74, 6) is 0.195. The van der Waals surface area contributed by atoms with E-state index >= 15 is 0 Å². The second-order valence-corrected chi connectivity index (χ2v) is 6.86. The maximum absolute atomic E-state index is 12.6. The molecule has 0 aliphatic heterocycles. The average molecular weight is 391 g/mol. The molecular formula is C23H25N3O3. The molecule has 150 valence electrons. The predicted molar refractivity (Wildman–Crippen MR) is 116 cm³/mol. The number of benzene rings is 3.